The number of hydrogen-bond donors (Lipinski definition) is 0. The molecule has 0 N–H and O–H groups in total. The molecule has 0 aliphatic rings. The fourth-order valence-corrected chi connectivity index (χ4v) is 3.22. The molecular weight excluding hydrogens is 263 g/mol. The van der Waals surface area contributed by atoms with E-state index in [1.165, 1.54) is 12.3 Å². The maximum Gasteiger partial charge on any atom is 0.380 e. The van der Waals surface area contributed by atoms with Gasteiger partial charge in [0.05, 0.1) is 12.2 Å². The molecule has 96 valence electrons. The molecule has 0 aromatic carbocycles. The summed E-state index contributed by atoms with van der Waals surface area (Å²) in [5.41, 5.74) is 0.180. The lowest BCUT2D eigenvalue weighted by atomic mass is 10.5. The Morgan fingerprint density at radius 3 is 2.18 bits per heavy atom. The molecule has 0 spiro atoms. The molecule has 5 nitrogen and oxygen atoms in total. The van der Waals surface area contributed by atoms with Gasteiger partial charge in [0.15, 0.2) is 5.44 Å². The first-order valence-corrected chi connectivity index (χ1v) is 7.21. The fraction of sp³-hybridized carbons (Fsp3) is 0.600. The minimum Gasteiger partial charge on any atom is -0.301 e. The Morgan fingerprint density at radius 2 is 1.76 bits per heavy atom. The molecule has 0 saturated carbocycles. The van der Waals surface area contributed by atoms with Crippen molar-refractivity contribution in [1.82, 2.24) is 9.97 Å². The van der Waals surface area contributed by atoms with Crippen molar-refractivity contribution in [3.8, 4) is 0 Å². The van der Waals surface area contributed by atoms with Crippen molar-refractivity contribution in [2.24, 2.45) is 0 Å². The van der Waals surface area contributed by atoms with Crippen molar-refractivity contribution in [2.75, 3.05) is 0 Å². The van der Waals surface area contributed by atoms with E-state index in [0.29, 0.717) is 0 Å². The van der Waals surface area contributed by atoms with Gasteiger partial charge < -0.3 is 9.05 Å². The van der Waals surface area contributed by atoms with E-state index in [1.807, 2.05) is 0 Å². The quantitative estimate of drug-likeness (QED) is 0.612. The normalized spacial score (nSPS) is 12.4. The standard InChI is InChI=1S/C10H16ClN2O3P/c1-7(2)15-17(14,16-8(3)4)9-5-6-12-10(11)13-9/h5-8H,1-4H3. The van der Waals surface area contributed by atoms with Gasteiger partial charge in [0, 0.05) is 6.20 Å². The van der Waals surface area contributed by atoms with Crippen LogP contribution in [-0.4, -0.2) is 22.2 Å². The van der Waals surface area contributed by atoms with Crippen molar-refractivity contribution in [2.45, 2.75) is 39.9 Å². The third-order valence-electron chi connectivity index (χ3n) is 1.59. The second kappa shape index (κ2) is 5.91. The molecule has 0 radical (unpaired) electrons. The highest BCUT2D eigenvalue weighted by Crippen LogP contribution is 2.48. The van der Waals surface area contributed by atoms with E-state index < -0.39 is 7.60 Å². The van der Waals surface area contributed by atoms with Gasteiger partial charge in [-0.1, -0.05) is 0 Å². The van der Waals surface area contributed by atoms with Gasteiger partial charge in [0.2, 0.25) is 5.28 Å². The van der Waals surface area contributed by atoms with Crippen LogP contribution in [0.15, 0.2) is 12.3 Å². The minimum atomic E-state index is -3.45. The summed E-state index contributed by atoms with van der Waals surface area (Å²) in [5.74, 6) is 0. The van der Waals surface area contributed by atoms with Crippen LogP contribution < -0.4 is 5.44 Å². The highest BCUT2D eigenvalue weighted by molar-refractivity contribution is 7.61. The number of aromatic nitrogens is 2. The molecule has 0 saturated heterocycles. The molecular formula is C10H16ClN2O3P. The van der Waals surface area contributed by atoms with Gasteiger partial charge in [-0.3, -0.25) is 4.57 Å². The first-order chi connectivity index (χ1) is 7.83. The van der Waals surface area contributed by atoms with E-state index in [4.69, 9.17) is 20.6 Å². The predicted molar refractivity (Wildman–Crippen MR) is 66.7 cm³/mol. The van der Waals surface area contributed by atoms with Crippen molar-refractivity contribution in [3.63, 3.8) is 0 Å². The Morgan fingerprint density at radius 1 is 1.24 bits per heavy atom. The lowest BCUT2D eigenvalue weighted by Crippen LogP contribution is -2.19. The van der Waals surface area contributed by atoms with Crippen molar-refractivity contribution in [1.29, 1.82) is 0 Å². The summed E-state index contributed by atoms with van der Waals surface area (Å²) >= 11 is 5.67. The summed E-state index contributed by atoms with van der Waals surface area (Å²) in [5, 5.41) is 0.0161. The van der Waals surface area contributed by atoms with Gasteiger partial charge in [-0.25, -0.2) is 9.97 Å². The van der Waals surface area contributed by atoms with Crippen LogP contribution in [0.4, 0.5) is 0 Å². The molecule has 1 aromatic heterocycles. The summed E-state index contributed by atoms with van der Waals surface area (Å²) in [6, 6.07) is 1.48. The summed E-state index contributed by atoms with van der Waals surface area (Å²) in [6.45, 7) is 7.11. The number of nitrogens with zero attached hydrogens (tertiary/aromatic N) is 2. The maximum absolute atomic E-state index is 12.6. The summed E-state index contributed by atoms with van der Waals surface area (Å²) in [6.07, 6.45) is 0.937. The maximum atomic E-state index is 12.6. The van der Waals surface area contributed by atoms with Crippen molar-refractivity contribution < 1.29 is 13.6 Å². The SMILES string of the molecule is CC(C)OP(=O)(OC(C)C)c1ccnc(Cl)n1. The Labute approximate surface area is 106 Å². The van der Waals surface area contributed by atoms with Crippen LogP contribution >= 0.6 is 19.2 Å². The first kappa shape index (κ1) is 14.6. The fourth-order valence-electron chi connectivity index (χ4n) is 1.17. The average Bonchev–Trinajstić information content (AvgIpc) is 2.14. The van der Waals surface area contributed by atoms with Crippen LogP contribution in [0.3, 0.4) is 0 Å². The average molecular weight is 279 g/mol. The third-order valence-corrected chi connectivity index (χ3v) is 3.98. The number of hydrogen-bond acceptors (Lipinski definition) is 5. The number of halogens is 1. The molecule has 0 atom stereocenters. The second-order valence-electron chi connectivity index (χ2n) is 3.99. The summed E-state index contributed by atoms with van der Waals surface area (Å²) in [7, 11) is -3.45. The molecule has 7 heteroatoms. The molecule has 1 aromatic rings. The van der Waals surface area contributed by atoms with E-state index in [2.05, 4.69) is 9.97 Å². The van der Waals surface area contributed by atoms with Gasteiger partial charge in [-0.05, 0) is 45.4 Å². The zero-order valence-electron chi connectivity index (χ0n) is 10.3. The minimum absolute atomic E-state index is 0.0161. The highest BCUT2D eigenvalue weighted by atomic mass is 35.5. The predicted octanol–water partition coefficient (Wildman–Crippen LogP) is 2.80. The molecule has 0 unspecified atom stereocenters. The Bertz CT molecular complexity index is 412. The van der Waals surface area contributed by atoms with Crippen molar-refractivity contribution >= 4 is 24.6 Å². The monoisotopic (exact) mass is 278 g/mol. The Balaban J connectivity index is 3.09. The zero-order valence-corrected chi connectivity index (χ0v) is 11.9. The van der Waals surface area contributed by atoms with E-state index in [-0.39, 0.29) is 22.9 Å². The molecule has 0 fully saturated rings. The zero-order chi connectivity index (χ0) is 13.1. The molecule has 17 heavy (non-hydrogen) atoms. The van der Waals surface area contributed by atoms with Gasteiger partial charge in [0.25, 0.3) is 0 Å². The third kappa shape index (κ3) is 4.36. The molecule has 1 rings (SSSR count). The Kier molecular flexibility index (Phi) is 5.07. The molecule has 0 amide bonds. The highest BCUT2D eigenvalue weighted by Gasteiger charge is 2.32. The van der Waals surface area contributed by atoms with E-state index >= 15 is 0 Å². The lowest BCUT2D eigenvalue weighted by molar-refractivity contribution is 0.149. The molecule has 0 bridgehead atoms. The summed E-state index contributed by atoms with van der Waals surface area (Å²) < 4.78 is 23.3. The van der Waals surface area contributed by atoms with Crippen LogP contribution in [-0.2, 0) is 13.6 Å². The van der Waals surface area contributed by atoms with Crippen LogP contribution in [0.2, 0.25) is 5.28 Å². The Hall–Kier alpha value is -0.480. The summed E-state index contributed by atoms with van der Waals surface area (Å²) in [4.78, 5) is 7.63. The molecule has 1 heterocycles. The van der Waals surface area contributed by atoms with E-state index in [9.17, 15) is 4.57 Å². The van der Waals surface area contributed by atoms with Crippen LogP contribution in [0.5, 0.6) is 0 Å². The second-order valence-corrected chi connectivity index (χ2v) is 6.20. The van der Waals surface area contributed by atoms with Crippen molar-refractivity contribution in [3.05, 3.63) is 17.5 Å². The number of rotatable bonds is 5. The molecule has 0 aliphatic carbocycles. The van der Waals surface area contributed by atoms with Gasteiger partial charge in [-0.2, -0.15) is 0 Å². The topological polar surface area (TPSA) is 61.3 Å². The molecule has 0 aliphatic heterocycles. The van der Waals surface area contributed by atoms with Crippen LogP contribution in [0.25, 0.3) is 0 Å². The largest absolute Gasteiger partial charge is 0.380 e. The lowest BCUT2D eigenvalue weighted by Gasteiger charge is -2.21. The van der Waals surface area contributed by atoms with E-state index in [0.717, 1.165) is 0 Å². The first-order valence-electron chi connectivity index (χ1n) is 5.29. The van der Waals surface area contributed by atoms with Gasteiger partial charge in [-0.15, -0.1) is 0 Å². The van der Waals surface area contributed by atoms with Gasteiger partial charge in [0.1, 0.15) is 0 Å². The van der Waals surface area contributed by atoms with Crippen LogP contribution in [0, 0.1) is 0 Å². The van der Waals surface area contributed by atoms with Crippen LogP contribution in [0.1, 0.15) is 27.7 Å². The van der Waals surface area contributed by atoms with Gasteiger partial charge >= 0.3 is 7.60 Å². The smallest absolute Gasteiger partial charge is 0.301 e. The van der Waals surface area contributed by atoms with E-state index in [1.54, 1.807) is 27.7 Å².